The molecule has 1 amide bonds. The molecule has 7 nitrogen and oxygen atoms in total. The number of nitrogens with zero attached hydrogens (tertiary/aromatic N) is 4. The molecule has 0 spiro atoms. The van der Waals surface area contributed by atoms with Gasteiger partial charge in [-0.25, -0.2) is 9.37 Å². The summed E-state index contributed by atoms with van der Waals surface area (Å²) in [5.74, 6) is 0.0414. The van der Waals surface area contributed by atoms with Gasteiger partial charge in [-0.2, -0.15) is 4.98 Å². The summed E-state index contributed by atoms with van der Waals surface area (Å²) in [6.45, 7) is 2.06. The minimum Gasteiger partial charge on any atom is -0.334 e. The molecule has 0 saturated heterocycles. The third-order valence-corrected chi connectivity index (χ3v) is 4.01. The Morgan fingerprint density at radius 1 is 1.21 bits per heavy atom. The lowest BCUT2D eigenvalue weighted by atomic mass is 10.2. The maximum Gasteiger partial charge on any atom is 0.258 e. The second kappa shape index (κ2) is 7.43. The number of hydrogen-bond donors (Lipinski definition) is 1. The number of hydrogen-bond acceptors (Lipinski definition) is 5. The van der Waals surface area contributed by atoms with Crippen LogP contribution in [-0.4, -0.2) is 25.6 Å². The molecule has 4 aromatic rings. The van der Waals surface area contributed by atoms with Gasteiger partial charge in [0.15, 0.2) is 0 Å². The smallest absolute Gasteiger partial charge is 0.258 e. The highest BCUT2D eigenvalue weighted by atomic mass is 19.1. The molecule has 28 heavy (non-hydrogen) atoms. The number of imidazole rings is 1. The quantitative estimate of drug-likeness (QED) is 0.573. The van der Waals surface area contributed by atoms with E-state index in [1.165, 1.54) is 18.5 Å². The highest BCUT2D eigenvalue weighted by Gasteiger charge is 2.14. The average Bonchev–Trinajstić information content (AvgIpc) is 3.32. The normalized spacial score (nSPS) is 10.8. The van der Waals surface area contributed by atoms with Crippen LogP contribution >= 0.6 is 0 Å². The average molecular weight is 377 g/mol. The summed E-state index contributed by atoms with van der Waals surface area (Å²) in [4.78, 5) is 20.7. The number of nitrogens with one attached hydrogen (secondary N) is 1. The topological polar surface area (TPSA) is 85.8 Å². The minimum absolute atomic E-state index is 0.101. The lowest BCUT2D eigenvalue weighted by Crippen LogP contribution is -2.17. The molecule has 2 heterocycles. The zero-order valence-electron chi connectivity index (χ0n) is 15.0. The number of carbonyl (C=O) groups is 1. The number of carbonyl (C=O) groups excluding carboxylic acids is 1. The molecule has 2 aromatic heterocycles. The van der Waals surface area contributed by atoms with E-state index in [-0.39, 0.29) is 30.0 Å². The third-order valence-electron chi connectivity index (χ3n) is 4.01. The fraction of sp³-hybridized carbons (Fsp3) is 0.100. The van der Waals surface area contributed by atoms with Crippen molar-refractivity contribution in [3.8, 4) is 23.0 Å². The van der Waals surface area contributed by atoms with Gasteiger partial charge in [0.05, 0.1) is 6.33 Å². The number of halogens is 1. The Morgan fingerprint density at radius 2 is 2.04 bits per heavy atom. The Morgan fingerprint density at radius 3 is 2.82 bits per heavy atom. The van der Waals surface area contributed by atoms with Crippen LogP contribution in [0, 0.1) is 12.7 Å². The van der Waals surface area contributed by atoms with Crippen LogP contribution < -0.4 is 5.32 Å². The Balaban J connectivity index is 1.44. The van der Waals surface area contributed by atoms with E-state index in [2.05, 4.69) is 20.4 Å². The van der Waals surface area contributed by atoms with Gasteiger partial charge in [-0.3, -0.25) is 4.79 Å². The van der Waals surface area contributed by atoms with Gasteiger partial charge >= 0.3 is 0 Å². The van der Waals surface area contributed by atoms with Crippen LogP contribution in [-0.2, 0) is 11.3 Å². The van der Waals surface area contributed by atoms with Crippen LogP contribution in [0.2, 0.25) is 0 Å². The summed E-state index contributed by atoms with van der Waals surface area (Å²) in [5.41, 5.74) is 2.89. The first-order chi connectivity index (χ1) is 13.6. The highest BCUT2D eigenvalue weighted by Crippen LogP contribution is 2.21. The maximum atomic E-state index is 13.0. The predicted molar refractivity (Wildman–Crippen MR) is 101 cm³/mol. The third kappa shape index (κ3) is 3.96. The van der Waals surface area contributed by atoms with E-state index in [1.54, 1.807) is 22.9 Å². The molecule has 4 rings (SSSR count). The van der Waals surface area contributed by atoms with E-state index >= 15 is 0 Å². The van der Waals surface area contributed by atoms with Crippen molar-refractivity contribution < 1.29 is 13.7 Å². The van der Waals surface area contributed by atoms with Crippen molar-refractivity contribution in [2.24, 2.45) is 0 Å². The molecule has 0 bridgehead atoms. The first-order valence-corrected chi connectivity index (χ1v) is 8.55. The number of aryl methyl sites for hydroxylation is 1. The molecule has 2 aromatic carbocycles. The molecule has 0 fully saturated rings. The molecule has 0 aliphatic carbocycles. The monoisotopic (exact) mass is 377 g/mol. The van der Waals surface area contributed by atoms with Gasteiger partial charge in [-0.05, 0) is 48.9 Å². The zero-order valence-corrected chi connectivity index (χ0v) is 15.0. The summed E-state index contributed by atoms with van der Waals surface area (Å²) in [6, 6.07) is 13.3. The molecule has 140 valence electrons. The summed E-state index contributed by atoms with van der Waals surface area (Å²) in [6.07, 6.45) is 3.19. The molecule has 0 aliphatic rings. The lowest BCUT2D eigenvalue weighted by molar-refractivity contribution is -0.116. The van der Waals surface area contributed by atoms with Crippen molar-refractivity contribution >= 4 is 11.6 Å². The van der Waals surface area contributed by atoms with Gasteiger partial charge in [0.2, 0.25) is 11.7 Å². The minimum atomic E-state index is -0.342. The van der Waals surface area contributed by atoms with Gasteiger partial charge in [-0.1, -0.05) is 17.3 Å². The maximum absolute atomic E-state index is 13.0. The first kappa shape index (κ1) is 17.6. The number of benzene rings is 2. The van der Waals surface area contributed by atoms with Crippen LogP contribution in [0.25, 0.3) is 23.0 Å². The van der Waals surface area contributed by atoms with Gasteiger partial charge in [0, 0.05) is 17.4 Å². The van der Waals surface area contributed by atoms with Crippen molar-refractivity contribution in [3.63, 3.8) is 0 Å². The molecule has 0 radical (unpaired) electrons. The SMILES string of the molecule is Cc1cccc(NC(=O)Cn2cnc(-c3noc(-c4ccc(F)cc4)n3)c2)c1. The fourth-order valence-corrected chi connectivity index (χ4v) is 2.69. The van der Waals surface area contributed by atoms with Gasteiger partial charge in [0.25, 0.3) is 5.89 Å². The number of rotatable bonds is 5. The summed E-state index contributed by atoms with van der Waals surface area (Å²) in [5, 5.41) is 6.74. The van der Waals surface area contributed by atoms with Crippen LogP contribution in [0.1, 0.15) is 5.56 Å². The Bertz CT molecular complexity index is 1120. The number of anilines is 1. The Labute approximate surface area is 159 Å². The molecular formula is C20H16FN5O2. The molecule has 8 heteroatoms. The van der Waals surface area contributed by atoms with E-state index < -0.39 is 0 Å². The van der Waals surface area contributed by atoms with Gasteiger partial charge < -0.3 is 14.4 Å². The van der Waals surface area contributed by atoms with Crippen LogP contribution in [0.3, 0.4) is 0 Å². The molecule has 0 aliphatic heterocycles. The van der Waals surface area contributed by atoms with Crippen LogP contribution in [0.5, 0.6) is 0 Å². The van der Waals surface area contributed by atoms with Crippen molar-refractivity contribution in [2.75, 3.05) is 5.32 Å². The van der Waals surface area contributed by atoms with E-state index in [4.69, 9.17) is 4.52 Å². The summed E-state index contributed by atoms with van der Waals surface area (Å²) in [7, 11) is 0. The van der Waals surface area contributed by atoms with E-state index in [9.17, 15) is 9.18 Å². The van der Waals surface area contributed by atoms with Crippen molar-refractivity contribution in [1.82, 2.24) is 19.7 Å². The molecule has 1 N–H and O–H groups in total. The Hall–Kier alpha value is -3.81. The second-order valence-corrected chi connectivity index (χ2v) is 6.28. The van der Waals surface area contributed by atoms with Crippen molar-refractivity contribution in [3.05, 3.63) is 72.4 Å². The van der Waals surface area contributed by atoms with E-state index in [0.717, 1.165) is 11.3 Å². The summed E-state index contributed by atoms with van der Waals surface area (Å²) < 4.78 is 19.9. The number of amides is 1. The van der Waals surface area contributed by atoms with Gasteiger partial charge in [-0.15, -0.1) is 0 Å². The van der Waals surface area contributed by atoms with Crippen LogP contribution in [0.4, 0.5) is 10.1 Å². The predicted octanol–water partition coefficient (Wildman–Crippen LogP) is 3.69. The van der Waals surface area contributed by atoms with Gasteiger partial charge in [0.1, 0.15) is 18.1 Å². The molecular weight excluding hydrogens is 361 g/mol. The molecule has 0 unspecified atom stereocenters. The second-order valence-electron chi connectivity index (χ2n) is 6.28. The Kier molecular flexibility index (Phi) is 4.67. The molecule has 0 saturated carbocycles. The number of aromatic nitrogens is 4. The fourth-order valence-electron chi connectivity index (χ4n) is 2.69. The summed E-state index contributed by atoms with van der Waals surface area (Å²) >= 11 is 0. The highest BCUT2D eigenvalue weighted by molar-refractivity contribution is 5.90. The van der Waals surface area contributed by atoms with Crippen LogP contribution in [0.15, 0.2) is 65.6 Å². The zero-order chi connectivity index (χ0) is 19.5. The lowest BCUT2D eigenvalue weighted by Gasteiger charge is -2.06. The van der Waals surface area contributed by atoms with Crippen molar-refractivity contribution in [2.45, 2.75) is 13.5 Å². The standard InChI is InChI=1S/C20H16FN5O2/c1-13-3-2-4-16(9-13)23-18(27)11-26-10-17(22-12-26)19-24-20(28-25-19)14-5-7-15(21)8-6-14/h2-10,12H,11H2,1H3,(H,23,27). The van der Waals surface area contributed by atoms with E-state index in [0.29, 0.717) is 11.3 Å². The van der Waals surface area contributed by atoms with Crippen molar-refractivity contribution in [1.29, 1.82) is 0 Å². The largest absolute Gasteiger partial charge is 0.334 e. The molecule has 0 atom stereocenters. The van der Waals surface area contributed by atoms with E-state index in [1.807, 2.05) is 31.2 Å². The first-order valence-electron chi connectivity index (χ1n) is 8.55.